The van der Waals surface area contributed by atoms with Crippen LogP contribution in [0.25, 0.3) is 0 Å². The summed E-state index contributed by atoms with van der Waals surface area (Å²) in [5, 5.41) is 15.0. The van der Waals surface area contributed by atoms with Crippen LogP contribution in [-0.2, 0) is 12.2 Å². The summed E-state index contributed by atoms with van der Waals surface area (Å²) in [4.78, 5) is 4.60. The number of nitrogens with zero attached hydrogens (tertiary/aromatic N) is 3. The van der Waals surface area contributed by atoms with E-state index < -0.39 is 0 Å². The zero-order valence-corrected chi connectivity index (χ0v) is 16.8. The number of hydrogen-bond donors (Lipinski definition) is 1. The summed E-state index contributed by atoms with van der Waals surface area (Å²) in [6.45, 7) is 0. The minimum Gasteiger partial charge on any atom is -0.497 e. The molecule has 6 nitrogen and oxygen atoms in total. The Morgan fingerprint density at radius 2 is 1.89 bits per heavy atom. The summed E-state index contributed by atoms with van der Waals surface area (Å²) in [7, 11) is 1.65. The summed E-state index contributed by atoms with van der Waals surface area (Å²) >= 11 is 3.05. The first-order valence-corrected chi connectivity index (χ1v) is 10.5. The lowest BCUT2D eigenvalue weighted by Gasteiger charge is -2.03. The van der Waals surface area contributed by atoms with E-state index in [1.54, 1.807) is 18.4 Å². The molecule has 0 aliphatic carbocycles. The smallest absolute Gasteiger partial charge is 0.276 e. The van der Waals surface area contributed by atoms with E-state index in [9.17, 15) is 0 Å². The van der Waals surface area contributed by atoms with Gasteiger partial charge in [-0.3, -0.25) is 0 Å². The summed E-state index contributed by atoms with van der Waals surface area (Å²) in [6.07, 6.45) is 0.640. The molecule has 0 aliphatic heterocycles. The normalized spacial score (nSPS) is 10.8. The molecule has 0 amide bonds. The number of thiazole rings is 1. The highest BCUT2D eigenvalue weighted by Gasteiger charge is 2.10. The molecule has 0 saturated heterocycles. The molecule has 142 valence electrons. The largest absolute Gasteiger partial charge is 0.497 e. The zero-order chi connectivity index (χ0) is 19.2. The molecule has 4 aromatic rings. The number of rotatable bonds is 8. The molecule has 0 fully saturated rings. The van der Waals surface area contributed by atoms with Crippen molar-refractivity contribution in [2.75, 3.05) is 12.4 Å². The second-order valence-electron chi connectivity index (χ2n) is 5.91. The molecule has 2 aromatic heterocycles. The third kappa shape index (κ3) is 4.90. The molecule has 0 radical (unpaired) electrons. The molecular weight excluding hydrogens is 392 g/mol. The van der Waals surface area contributed by atoms with Crippen molar-refractivity contribution < 1.29 is 9.15 Å². The Morgan fingerprint density at radius 1 is 1.07 bits per heavy atom. The maximum absolute atomic E-state index is 5.72. The third-order valence-corrected chi connectivity index (χ3v) is 5.54. The highest BCUT2D eigenvalue weighted by molar-refractivity contribution is 7.98. The molecule has 0 saturated carbocycles. The maximum Gasteiger partial charge on any atom is 0.276 e. The molecule has 2 heterocycles. The van der Waals surface area contributed by atoms with Crippen LogP contribution in [0.15, 0.2) is 69.6 Å². The summed E-state index contributed by atoms with van der Waals surface area (Å²) in [5.74, 6) is 2.12. The fraction of sp³-hybridized carbons (Fsp3) is 0.150. The predicted octanol–water partition coefficient (Wildman–Crippen LogP) is 5.16. The molecule has 28 heavy (non-hydrogen) atoms. The number of benzene rings is 2. The standard InChI is InChI=1S/C20H18N4O2S2/c1-25-17-9-7-15(8-10-17)21-19-22-16(12-27-19)13-28-20-24-23-18(26-20)11-14-5-3-2-4-6-14/h2-10,12H,11,13H2,1H3,(H,21,22). The second-order valence-corrected chi connectivity index (χ2v) is 7.69. The number of thioether (sulfide) groups is 1. The molecule has 0 aliphatic rings. The van der Waals surface area contributed by atoms with Gasteiger partial charge in [-0.05, 0) is 29.8 Å². The molecular formula is C20H18N4O2S2. The van der Waals surface area contributed by atoms with Gasteiger partial charge in [0.15, 0.2) is 5.13 Å². The van der Waals surface area contributed by atoms with Crippen LogP contribution in [0.1, 0.15) is 17.1 Å². The number of aromatic nitrogens is 3. The van der Waals surface area contributed by atoms with Crippen molar-refractivity contribution in [2.24, 2.45) is 0 Å². The van der Waals surface area contributed by atoms with Gasteiger partial charge in [-0.2, -0.15) is 0 Å². The Kier molecular flexibility index (Phi) is 5.89. The maximum atomic E-state index is 5.72. The van der Waals surface area contributed by atoms with E-state index in [4.69, 9.17) is 9.15 Å². The van der Waals surface area contributed by atoms with Crippen LogP contribution in [0, 0.1) is 0 Å². The van der Waals surface area contributed by atoms with Gasteiger partial charge in [-0.1, -0.05) is 42.1 Å². The molecule has 4 rings (SSSR count). The third-order valence-electron chi connectivity index (χ3n) is 3.88. The lowest BCUT2D eigenvalue weighted by molar-refractivity contribution is 0.415. The average molecular weight is 411 g/mol. The fourth-order valence-corrected chi connectivity index (χ4v) is 4.01. The first-order valence-electron chi connectivity index (χ1n) is 8.63. The van der Waals surface area contributed by atoms with Crippen LogP contribution < -0.4 is 10.1 Å². The van der Waals surface area contributed by atoms with E-state index >= 15 is 0 Å². The lowest BCUT2D eigenvalue weighted by atomic mass is 10.2. The van der Waals surface area contributed by atoms with Gasteiger partial charge in [0.25, 0.3) is 5.22 Å². The predicted molar refractivity (Wildman–Crippen MR) is 111 cm³/mol. The van der Waals surface area contributed by atoms with E-state index in [2.05, 4.69) is 20.5 Å². The monoisotopic (exact) mass is 410 g/mol. The van der Waals surface area contributed by atoms with Gasteiger partial charge in [0, 0.05) is 16.8 Å². The van der Waals surface area contributed by atoms with E-state index in [0.717, 1.165) is 27.8 Å². The summed E-state index contributed by atoms with van der Waals surface area (Å²) < 4.78 is 10.9. The number of ether oxygens (including phenoxy) is 1. The van der Waals surface area contributed by atoms with Gasteiger partial charge in [-0.25, -0.2) is 4.98 Å². The van der Waals surface area contributed by atoms with E-state index in [0.29, 0.717) is 23.3 Å². The van der Waals surface area contributed by atoms with Crippen LogP contribution in [0.5, 0.6) is 5.75 Å². The second kappa shape index (κ2) is 8.90. The summed E-state index contributed by atoms with van der Waals surface area (Å²) in [6, 6.07) is 17.8. The lowest BCUT2D eigenvalue weighted by Crippen LogP contribution is -1.90. The van der Waals surface area contributed by atoms with Crippen molar-refractivity contribution in [3.05, 3.63) is 77.1 Å². The molecule has 0 spiro atoms. The topological polar surface area (TPSA) is 73.1 Å². The zero-order valence-electron chi connectivity index (χ0n) is 15.2. The minimum absolute atomic E-state index is 0.559. The molecule has 0 bridgehead atoms. The van der Waals surface area contributed by atoms with Crippen molar-refractivity contribution in [1.82, 2.24) is 15.2 Å². The van der Waals surface area contributed by atoms with Crippen LogP contribution in [0.4, 0.5) is 10.8 Å². The highest BCUT2D eigenvalue weighted by Crippen LogP contribution is 2.27. The average Bonchev–Trinajstić information content (AvgIpc) is 3.37. The number of methoxy groups -OCH3 is 1. The van der Waals surface area contributed by atoms with Crippen molar-refractivity contribution in [2.45, 2.75) is 17.4 Å². The SMILES string of the molecule is COc1ccc(Nc2nc(CSc3nnc(Cc4ccccc4)o3)cs2)cc1. The van der Waals surface area contributed by atoms with Crippen LogP contribution in [-0.4, -0.2) is 22.3 Å². The van der Waals surface area contributed by atoms with E-state index in [1.807, 2.05) is 60.0 Å². The van der Waals surface area contributed by atoms with E-state index in [-0.39, 0.29) is 0 Å². The first-order chi connectivity index (χ1) is 13.8. The van der Waals surface area contributed by atoms with Gasteiger partial charge in [-0.15, -0.1) is 21.5 Å². The Labute approximate surface area is 171 Å². The van der Waals surface area contributed by atoms with Gasteiger partial charge >= 0.3 is 0 Å². The number of hydrogen-bond acceptors (Lipinski definition) is 8. The molecule has 0 unspecified atom stereocenters. The summed E-state index contributed by atoms with van der Waals surface area (Å²) in [5.41, 5.74) is 3.09. The highest BCUT2D eigenvalue weighted by atomic mass is 32.2. The Morgan fingerprint density at radius 3 is 2.68 bits per heavy atom. The van der Waals surface area contributed by atoms with Crippen LogP contribution >= 0.6 is 23.1 Å². The Hall–Kier alpha value is -2.84. The fourth-order valence-electron chi connectivity index (χ4n) is 2.50. The first kappa shape index (κ1) is 18.5. The molecule has 2 aromatic carbocycles. The Balaban J connectivity index is 1.30. The number of anilines is 2. The van der Waals surface area contributed by atoms with Gasteiger partial charge in [0.05, 0.1) is 19.2 Å². The van der Waals surface area contributed by atoms with Crippen molar-refractivity contribution in [3.8, 4) is 5.75 Å². The van der Waals surface area contributed by atoms with Gasteiger partial charge in [0.1, 0.15) is 5.75 Å². The minimum atomic E-state index is 0.559. The van der Waals surface area contributed by atoms with Crippen LogP contribution in [0.3, 0.4) is 0 Å². The quantitative estimate of drug-likeness (QED) is 0.402. The van der Waals surface area contributed by atoms with Crippen molar-refractivity contribution in [1.29, 1.82) is 0 Å². The van der Waals surface area contributed by atoms with Crippen molar-refractivity contribution in [3.63, 3.8) is 0 Å². The van der Waals surface area contributed by atoms with E-state index in [1.165, 1.54) is 11.8 Å². The van der Waals surface area contributed by atoms with Crippen molar-refractivity contribution >= 4 is 33.9 Å². The molecule has 8 heteroatoms. The van der Waals surface area contributed by atoms with Crippen LogP contribution in [0.2, 0.25) is 0 Å². The van der Waals surface area contributed by atoms with Gasteiger partial charge in [0.2, 0.25) is 5.89 Å². The van der Waals surface area contributed by atoms with Gasteiger partial charge < -0.3 is 14.5 Å². The molecule has 1 N–H and O–H groups in total. The number of nitrogens with one attached hydrogen (secondary N) is 1. The Bertz CT molecular complexity index is 1020. The molecule has 0 atom stereocenters.